The van der Waals surface area contributed by atoms with E-state index < -0.39 is 6.10 Å². The van der Waals surface area contributed by atoms with Gasteiger partial charge >= 0.3 is 0 Å². The summed E-state index contributed by atoms with van der Waals surface area (Å²) in [6.07, 6.45) is 3.93. The Morgan fingerprint density at radius 3 is 3.06 bits per heavy atom. The highest BCUT2D eigenvalue weighted by molar-refractivity contribution is 5.85. The molecule has 18 heavy (non-hydrogen) atoms. The fraction of sp³-hybridized carbons (Fsp3) is 0.400. The number of aliphatic hydroxyl groups excluding tert-OH is 1. The second kappa shape index (κ2) is 4.67. The second-order valence-electron chi connectivity index (χ2n) is 4.99. The molecule has 3 rings (SSSR count). The maximum atomic E-state index is 10.5. The summed E-state index contributed by atoms with van der Waals surface area (Å²) in [5.74, 6) is 0.395. The van der Waals surface area contributed by atoms with Crippen LogP contribution in [0.1, 0.15) is 25.0 Å². The maximum Gasteiger partial charge on any atom is 0.106 e. The molecule has 0 aliphatic carbocycles. The molecule has 0 saturated carbocycles. The number of pyridine rings is 1. The number of ether oxygens (including phenoxy) is 1. The van der Waals surface area contributed by atoms with Crippen molar-refractivity contribution in [2.75, 3.05) is 6.61 Å². The number of rotatable bonds is 2. The number of fused-ring (bicyclic) bond motifs is 1. The Labute approximate surface area is 106 Å². The molecule has 1 aliphatic heterocycles. The van der Waals surface area contributed by atoms with Gasteiger partial charge in [0.1, 0.15) is 6.10 Å². The van der Waals surface area contributed by atoms with Crippen LogP contribution in [0.5, 0.6) is 0 Å². The van der Waals surface area contributed by atoms with Crippen molar-refractivity contribution < 1.29 is 9.84 Å². The molecule has 2 aromatic rings. The summed E-state index contributed by atoms with van der Waals surface area (Å²) >= 11 is 0. The first-order valence-electron chi connectivity index (χ1n) is 6.39. The van der Waals surface area contributed by atoms with Crippen molar-refractivity contribution in [1.82, 2.24) is 4.98 Å². The van der Waals surface area contributed by atoms with Gasteiger partial charge in [-0.1, -0.05) is 25.1 Å². The van der Waals surface area contributed by atoms with Gasteiger partial charge < -0.3 is 9.84 Å². The van der Waals surface area contributed by atoms with Gasteiger partial charge in [0.2, 0.25) is 0 Å². The van der Waals surface area contributed by atoms with E-state index in [1.54, 1.807) is 6.20 Å². The lowest BCUT2D eigenvalue weighted by Crippen LogP contribution is -2.23. The van der Waals surface area contributed by atoms with Crippen molar-refractivity contribution in [3.63, 3.8) is 0 Å². The lowest BCUT2D eigenvalue weighted by Gasteiger charge is -2.22. The molecular formula is C15H17NO2. The molecule has 3 heteroatoms. The Hall–Kier alpha value is -1.45. The minimum atomic E-state index is -0.574. The zero-order valence-corrected chi connectivity index (χ0v) is 10.4. The molecule has 3 nitrogen and oxygen atoms in total. The molecule has 1 aromatic carbocycles. The van der Waals surface area contributed by atoms with E-state index in [9.17, 15) is 5.11 Å². The Bertz CT molecular complexity index is 550. The molecule has 94 valence electrons. The second-order valence-corrected chi connectivity index (χ2v) is 4.99. The third-order valence-corrected chi connectivity index (χ3v) is 3.79. The minimum Gasteiger partial charge on any atom is -0.386 e. The molecule has 3 unspecified atom stereocenters. The van der Waals surface area contributed by atoms with Crippen molar-refractivity contribution in [2.24, 2.45) is 5.92 Å². The van der Waals surface area contributed by atoms with Crippen molar-refractivity contribution in [3.8, 4) is 0 Å². The van der Waals surface area contributed by atoms with E-state index in [4.69, 9.17) is 4.74 Å². The van der Waals surface area contributed by atoms with Gasteiger partial charge in [0.25, 0.3) is 0 Å². The van der Waals surface area contributed by atoms with Gasteiger partial charge in [-0.3, -0.25) is 4.98 Å². The fourth-order valence-corrected chi connectivity index (χ4v) is 2.69. The van der Waals surface area contributed by atoms with Crippen LogP contribution in [0.25, 0.3) is 10.8 Å². The standard InChI is InChI=1S/C15H17NO2/c1-10-6-8-18-15(10)14(17)12-4-2-3-11-5-7-16-9-13(11)12/h2-5,7,9-10,14-15,17H,6,8H2,1H3. The van der Waals surface area contributed by atoms with Crippen LogP contribution >= 0.6 is 0 Å². The van der Waals surface area contributed by atoms with Crippen LogP contribution < -0.4 is 0 Å². The average Bonchev–Trinajstić information content (AvgIpc) is 2.83. The molecule has 0 radical (unpaired) electrons. The van der Waals surface area contributed by atoms with E-state index in [1.165, 1.54) is 0 Å². The molecule has 0 amide bonds. The smallest absolute Gasteiger partial charge is 0.106 e. The molecule has 1 saturated heterocycles. The van der Waals surface area contributed by atoms with Gasteiger partial charge in [-0.25, -0.2) is 0 Å². The van der Waals surface area contributed by atoms with Gasteiger partial charge in [0, 0.05) is 24.4 Å². The third kappa shape index (κ3) is 1.89. The Kier molecular flexibility index (Phi) is 3.02. The number of nitrogens with zero attached hydrogens (tertiary/aromatic N) is 1. The summed E-state index contributed by atoms with van der Waals surface area (Å²) in [7, 11) is 0. The van der Waals surface area contributed by atoms with Crippen LogP contribution in [-0.2, 0) is 4.74 Å². The van der Waals surface area contributed by atoms with Gasteiger partial charge in [0.05, 0.1) is 6.10 Å². The van der Waals surface area contributed by atoms with Crippen LogP contribution in [0.15, 0.2) is 36.7 Å². The lowest BCUT2D eigenvalue weighted by atomic mass is 9.92. The fourth-order valence-electron chi connectivity index (χ4n) is 2.69. The topological polar surface area (TPSA) is 42.4 Å². The number of hydrogen-bond acceptors (Lipinski definition) is 3. The normalized spacial score (nSPS) is 25.4. The first-order valence-corrected chi connectivity index (χ1v) is 6.39. The van der Waals surface area contributed by atoms with Crippen molar-refractivity contribution in [2.45, 2.75) is 25.6 Å². The number of aliphatic hydroxyl groups is 1. The third-order valence-electron chi connectivity index (χ3n) is 3.79. The average molecular weight is 243 g/mol. The highest BCUT2D eigenvalue weighted by Gasteiger charge is 2.32. The van der Waals surface area contributed by atoms with Gasteiger partial charge in [0.15, 0.2) is 0 Å². The number of hydrogen-bond donors (Lipinski definition) is 1. The van der Waals surface area contributed by atoms with Crippen LogP contribution in [0.2, 0.25) is 0 Å². The largest absolute Gasteiger partial charge is 0.386 e. The molecule has 0 spiro atoms. The summed E-state index contributed by atoms with van der Waals surface area (Å²) in [4.78, 5) is 4.15. The summed E-state index contributed by atoms with van der Waals surface area (Å²) in [5.41, 5.74) is 0.916. The monoisotopic (exact) mass is 243 g/mol. The van der Waals surface area contributed by atoms with Gasteiger partial charge in [-0.15, -0.1) is 0 Å². The molecule has 1 fully saturated rings. The lowest BCUT2D eigenvalue weighted by molar-refractivity contribution is -0.0171. The van der Waals surface area contributed by atoms with Crippen LogP contribution in [0.3, 0.4) is 0 Å². The highest BCUT2D eigenvalue weighted by Crippen LogP contribution is 2.34. The molecule has 1 aliphatic rings. The molecule has 0 bridgehead atoms. The maximum absolute atomic E-state index is 10.5. The molecule has 1 aromatic heterocycles. The highest BCUT2D eigenvalue weighted by atomic mass is 16.5. The van der Waals surface area contributed by atoms with Gasteiger partial charge in [-0.05, 0) is 29.4 Å². The summed E-state index contributed by atoms with van der Waals surface area (Å²) < 4.78 is 5.66. The molecule has 3 atom stereocenters. The predicted molar refractivity (Wildman–Crippen MR) is 70.2 cm³/mol. The SMILES string of the molecule is CC1CCOC1C(O)c1cccc2ccncc12. The predicted octanol–water partition coefficient (Wildman–Crippen LogP) is 2.69. The summed E-state index contributed by atoms with van der Waals surface area (Å²) in [5, 5.41) is 12.6. The van der Waals surface area contributed by atoms with Crippen molar-refractivity contribution in [3.05, 3.63) is 42.2 Å². The molecular weight excluding hydrogens is 226 g/mol. The quantitative estimate of drug-likeness (QED) is 0.881. The van der Waals surface area contributed by atoms with Crippen LogP contribution in [-0.4, -0.2) is 22.8 Å². The molecule has 2 heterocycles. The van der Waals surface area contributed by atoms with E-state index in [1.807, 2.05) is 30.5 Å². The van der Waals surface area contributed by atoms with E-state index in [-0.39, 0.29) is 6.10 Å². The molecule has 1 N–H and O–H groups in total. The zero-order valence-electron chi connectivity index (χ0n) is 10.4. The van der Waals surface area contributed by atoms with Gasteiger partial charge in [-0.2, -0.15) is 0 Å². The van der Waals surface area contributed by atoms with Crippen molar-refractivity contribution in [1.29, 1.82) is 0 Å². The van der Waals surface area contributed by atoms with Crippen LogP contribution in [0, 0.1) is 5.92 Å². The number of aromatic nitrogens is 1. The van der Waals surface area contributed by atoms with E-state index >= 15 is 0 Å². The first kappa shape index (κ1) is 11.6. The summed E-state index contributed by atoms with van der Waals surface area (Å²) in [6.45, 7) is 2.87. The Balaban J connectivity index is 2.03. The Morgan fingerprint density at radius 2 is 2.28 bits per heavy atom. The van der Waals surface area contributed by atoms with E-state index in [0.717, 1.165) is 29.4 Å². The van der Waals surface area contributed by atoms with Crippen LogP contribution in [0.4, 0.5) is 0 Å². The first-order chi connectivity index (χ1) is 8.77. The zero-order chi connectivity index (χ0) is 12.5. The summed E-state index contributed by atoms with van der Waals surface area (Å²) in [6, 6.07) is 7.93. The van der Waals surface area contributed by atoms with Crippen molar-refractivity contribution >= 4 is 10.8 Å². The Morgan fingerprint density at radius 1 is 1.39 bits per heavy atom. The minimum absolute atomic E-state index is 0.101. The van der Waals surface area contributed by atoms with E-state index in [2.05, 4.69) is 11.9 Å². The van der Waals surface area contributed by atoms with E-state index in [0.29, 0.717) is 5.92 Å². The number of benzene rings is 1.